The van der Waals surface area contributed by atoms with Crippen LogP contribution in [0.5, 0.6) is 0 Å². The lowest BCUT2D eigenvalue weighted by Gasteiger charge is -2.13. The highest BCUT2D eigenvalue weighted by Gasteiger charge is 2.32. The van der Waals surface area contributed by atoms with E-state index in [9.17, 15) is 13.2 Å². The lowest BCUT2D eigenvalue weighted by molar-refractivity contribution is 0.0991. The lowest BCUT2D eigenvalue weighted by Crippen LogP contribution is -2.27. The number of hydrogen-bond donors (Lipinski definition) is 0. The Balaban J connectivity index is 2.44. The van der Waals surface area contributed by atoms with Crippen molar-refractivity contribution in [1.29, 1.82) is 0 Å². The maximum absolute atomic E-state index is 12.6. The van der Waals surface area contributed by atoms with E-state index in [1.54, 1.807) is 30.3 Å². The Labute approximate surface area is 133 Å². The number of hydrogen-bond acceptors (Lipinski definition) is 3. The van der Waals surface area contributed by atoms with Crippen molar-refractivity contribution in [2.45, 2.75) is 17.1 Å². The minimum absolute atomic E-state index is 0.0483. The third-order valence-electron chi connectivity index (χ3n) is 3.09. The third kappa shape index (κ3) is 3.28. The molecule has 1 atom stereocenters. The van der Waals surface area contributed by atoms with E-state index in [0.717, 1.165) is 0 Å². The first-order valence-corrected chi connectivity index (χ1v) is 8.42. The van der Waals surface area contributed by atoms with Crippen LogP contribution in [0, 0.1) is 0 Å². The molecule has 2 aromatic rings. The molecule has 0 spiro atoms. The molecule has 0 aromatic heterocycles. The highest BCUT2D eigenvalue weighted by molar-refractivity contribution is 7.93. The second-order valence-corrected chi connectivity index (χ2v) is 7.57. The summed E-state index contributed by atoms with van der Waals surface area (Å²) in [6, 6.07) is 12.4. The van der Waals surface area contributed by atoms with Crippen LogP contribution in [0.15, 0.2) is 53.4 Å². The normalized spacial score (nSPS) is 12.9. The molecule has 0 aliphatic rings. The number of Topliss-reactive ketones (excluding diaryl/α,β-unsaturated/α-hetero) is 1. The van der Waals surface area contributed by atoms with E-state index in [4.69, 9.17) is 23.2 Å². The van der Waals surface area contributed by atoms with Gasteiger partial charge in [0.25, 0.3) is 0 Å². The smallest absolute Gasteiger partial charge is 0.189 e. The number of ketones is 1. The molecule has 6 heteroatoms. The lowest BCUT2D eigenvalue weighted by atomic mass is 10.1. The maximum atomic E-state index is 12.6. The minimum Gasteiger partial charge on any atom is -0.293 e. The van der Waals surface area contributed by atoms with Gasteiger partial charge in [0.1, 0.15) is 5.25 Å². The van der Waals surface area contributed by atoms with Gasteiger partial charge in [-0.1, -0.05) is 53.5 Å². The monoisotopic (exact) mass is 342 g/mol. The number of benzene rings is 2. The third-order valence-corrected chi connectivity index (χ3v) is 5.87. The van der Waals surface area contributed by atoms with Gasteiger partial charge in [-0.05, 0) is 25.1 Å². The molecule has 0 aliphatic carbocycles. The van der Waals surface area contributed by atoms with Crippen molar-refractivity contribution in [3.05, 3.63) is 64.1 Å². The summed E-state index contributed by atoms with van der Waals surface area (Å²) in [5.74, 6) is -0.480. The van der Waals surface area contributed by atoms with E-state index < -0.39 is 20.9 Å². The fourth-order valence-corrected chi connectivity index (χ4v) is 3.97. The SMILES string of the molecule is CC(C(=O)c1ccccc1)S(=O)(=O)c1cc(Cl)ccc1Cl. The molecular formula is C15H12Cl2O3S. The highest BCUT2D eigenvalue weighted by Crippen LogP contribution is 2.29. The summed E-state index contributed by atoms with van der Waals surface area (Å²) in [5.41, 5.74) is 0.340. The van der Waals surface area contributed by atoms with Crippen LogP contribution in [0.4, 0.5) is 0 Å². The molecular weight excluding hydrogens is 331 g/mol. The van der Waals surface area contributed by atoms with Gasteiger partial charge in [-0.15, -0.1) is 0 Å². The van der Waals surface area contributed by atoms with Crippen LogP contribution in [0.25, 0.3) is 0 Å². The van der Waals surface area contributed by atoms with Gasteiger partial charge in [0.2, 0.25) is 0 Å². The van der Waals surface area contributed by atoms with Crippen LogP contribution in [0.3, 0.4) is 0 Å². The van der Waals surface area contributed by atoms with E-state index in [1.807, 2.05) is 0 Å². The van der Waals surface area contributed by atoms with Crippen molar-refractivity contribution in [2.24, 2.45) is 0 Å². The van der Waals surface area contributed by atoms with Gasteiger partial charge >= 0.3 is 0 Å². The summed E-state index contributed by atoms with van der Waals surface area (Å²) >= 11 is 11.7. The Hall–Kier alpha value is -1.36. The zero-order chi connectivity index (χ0) is 15.6. The summed E-state index contributed by atoms with van der Waals surface area (Å²) in [6.45, 7) is 1.35. The van der Waals surface area contributed by atoms with Crippen molar-refractivity contribution in [2.75, 3.05) is 0 Å². The first kappa shape index (κ1) is 16.0. The molecule has 0 radical (unpaired) electrons. The Bertz CT molecular complexity index is 771. The number of halogens is 2. The Kier molecular flexibility index (Phi) is 4.71. The first-order chi connectivity index (χ1) is 9.84. The van der Waals surface area contributed by atoms with Gasteiger partial charge in [0.05, 0.1) is 9.92 Å². The van der Waals surface area contributed by atoms with Gasteiger partial charge in [-0.2, -0.15) is 0 Å². The summed E-state index contributed by atoms with van der Waals surface area (Å²) in [5, 5.41) is -0.944. The standard InChI is InChI=1S/C15H12Cl2O3S/c1-10(15(18)11-5-3-2-4-6-11)21(19,20)14-9-12(16)7-8-13(14)17/h2-10H,1H3. The topological polar surface area (TPSA) is 51.2 Å². The molecule has 2 rings (SSSR count). The van der Waals surface area contributed by atoms with Gasteiger partial charge in [0.15, 0.2) is 15.6 Å². The molecule has 0 amide bonds. The minimum atomic E-state index is -3.91. The first-order valence-electron chi connectivity index (χ1n) is 6.12. The molecule has 110 valence electrons. The van der Waals surface area contributed by atoms with Crippen molar-refractivity contribution in [3.8, 4) is 0 Å². The second-order valence-electron chi connectivity index (χ2n) is 4.49. The Morgan fingerprint density at radius 2 is 1.67 bits per heavy atom. The predicted molar refractivity (Wildman–Crippen MR) is 83.9 cm³/mol. The summed E-state index contributed by atoms with van der Waals surface area (Å²) in [6.07, 6.45) is 0. The van der Waals surface area contributed by atoms with Crippen LogP contribution < -0.4 is 0 Å². The van der Waals surface area contributed by atoms with Gasteiger partial charge in [0, 0.05) is 10.6 Å². The van der Waals surface area contributed by atoms with Crippen molar-refractivity contribution < 1.29 is 13.2 Å². The van der Waals surface area contributed by atoms with E-state index in [-0.39, 0.29) is 14.9 Å². The molecule has 0 heterocycles. The van der Waals surface area contributed by atoms with Crippen LogP contribution >= 0.6 is 23.2 Å². The molecule has 21 heavy (non-hydrogen) atoms. The second kappa shape index (κ2) is 6.18. The molecule has 1 unspecified atom stereocenters. The number of carbonyl (C=O) groups is 1. The molecule has 0 N–H and O–H groups in total. The Morgan fingerprint density at radius 1 is 1.05 bits per heavy atom. The Morgan fingerprint density at radius 3 is 2.29 bits per heavy atom. The summed E-state index contributed by atoms with van der Waals surface area (Å²) in [4.78, 5) is 12.2. The predicted octanol–water partition coefficient (Wildman–Crippen LogP) is 4.04. The van der Waals surface area contributed by atoms with Crippen molar-refractivity contribution in [1.82, 2.24) is 0 Å². The molecule has 0 aliphatic heterocycles. The zero-order valence-corrected chi connectivity index (χ0v) is 13.4. The van der Waals surface area contributed by atoms with Crippen molar-refractivity contribution in [3.63, 3.8) is 0 Å². The summed E-state index contributed by atoms with van der Waals surface area (Å²) < 4.78 is 25.1. The van der Waals surface area contributed by atoms with Crippen LogP contribution in [0.2, 0.25) is 10.0 Å². The van der Waals surface area contributed by atoms with E-state index >= 15 is 0 Å². The van der Waals surface area contributed by atoms with Crippen LogP contribution in [-0.4, -0.2) is 19.5 Å². The molecule has 0 saturated heterocycles. The summed E-state index contributed by atoms with van der Waals surface area (Å²) in [7, 11) is -3.91. The van der Waals surface area contributed by atoms with Gasteiger partial charge in [-0.25, -0.2) is 8.42 Å². The fraction of sp³-hybridized carbons (Fsp3) is 0.133. The van der Waals surface area contributed by atoms with Crippen LogP contribution in [0.1, 0.15) is 17.3 Å². The maximum Gasteiger partial charge on any atom is 0.189 e. The number of carbonyl (C=O) groups excluding carboxylic acids is 1. The fourth-order valence-electron chi connectivity index (χ4n) is 1.86. The van der Waals surface area contributed by atoms with Gasteiger partial charge in [-0.3, -0.25) is 4.79 Å². The highest BCUT2D eigenvalue weighted by atomic mass is 35.5. The average Bonchev–Trinajstić information content (AvgIpc) is 2.49. The molecule has 0 saturated carbocycles. The van der Waals surface area contributed by atoms with Crippen molar-refractivity contribution >= 4 is 38.8 Å². The zero-order valence-electron chi connectivity index (χ0n) is 11.1. The molecule has 2 aromatic carbocycles. The van der Waals surface area contributed by atoms with E-state index in [2.05, 4.69) is 0 Å². The van der Waals surface area contributed by atoms with Gasteiger partial charge < -0.3 is 0 Å². The van der Waals surface area contributed by atoms with E-state index in [0.29, 0.717) is 5.56 Å². The van der Waals surface area contributed by atoms with E-state index in [1.165, 1.54) is 25.1 Å². The number of sulfone groups is 1. The molecule has 3 nitrogen and oxygen atoms in total. The average molecular weight is 343 g/mol. The molecule has 0 fully saturated rings. The quantitative estimate of drug-likeness (QED) is 0.788. The molecule has 0 bridgehead atoms. The largest absolute Gasteiger partial charge is 0.293 e. The van der Waals surface area contributed by atoms with Crippen LogP contribution in [-0.2, 0) is 9.84 Å². The number of rotatable bonds is 4.